The van der Waals surface area contributed by atoms with Crippen LogP contribution in [0, 0.1) is 11.8 Å². The number of carbonyl (C=O) groups is 3. The number of primary amides is 1. The highest BCUT2D eigenvalue weighted by atomic mass is 19.4. The molecule has 6 N–H and O–H groups in total. The van der Waals surface area contributed by atoms with Crippen molar-refractivity contribution >= 4 is 23.2 Å². The number of aliphatic hydroxyl groups excluding tert-OH is 2. The molecule has 43 heavy (non-hydrogen) atoms. The second-order valence-corrected chi connectivity index (χ2v) is 12.0. The van der Waals surface area contributed by atoms with Crippen LogP contribution in [0.4, 0.5) is 13.2 Å². The first kappa shape index (κ1) is 31.0. The number of aromatic hydroxyl groups is 1. The normalized spacial score (nSPS) is 29.7. The summed E-state index contributed by atoms with van der Waals surface area (Å²) in [5, 5.41) is 44.8. The second-order valence-electron chi connectivity index (χ2n) is 12.0. The molecule has 234 valence electrons. The standard InChI is InChI=1S/C29H34F3N3O8/c1-34(2)22-16-8-12-7-15-19(23(37)18(12)25(39)28(16,42)26(40)20(24(22)38)27(33)41)17(36)9-13(21(15)29(30,31)32)10-35-6-4-5-14(35)11-43-3/h9,12,14,16,22,36-37,40,42H,4-8,10-11H2,1-3H3,(H2,33,41)/t12-,14+,16-,22-,28-/m0/s1. The van der Waals surface area contributed by atoms with E-state index >= 15 is 0 Å². The van der Waals surface area contributed by atoms with E-state index in [-0.39, 0.29) is 24.6 Å². The third-order valence-electron chi connectivity index (χ3n) is 9.32. The van der Waals surface area contributed by atoms with E-state index in [4.69, 9.17) is 10.5 Å². The lowest BCUT2D eigenvalue weighted by Crippen LogP contribution is -2.65. The van der Waals surface area contributed by atoms with Gasteiger partial charge in [0, 0.05) is 31.2 Å². The Morgan fingerprint density at radius 2 is 1.91 bits per heavy atom. The van der Waals surface area contributed by atoms with Crippen LogP contribution in [-0.2, 0) is 38.3 Å². The predicted octanol–water partition coefficient (Wildman–Crippen LogP) is 1.59. The maximum atomic E-state index is 14.8. The summed E-state index contributed by atoms with van der Waals surface area (Å²) in [5.74, 6) is -9.05. The van der Waals surface area contributed by atoms with Crippen molar-refractivity contribution in [2.24, 2.45) is 17.6 Å². The smallest absolute Gasteiger partial charge is 0.417 e. The van der Waals surface area contributed by atoms with Crippen molar-refractivity contribution in [1.82, 2.24) is 9.80 Å². The van der Waals surface area contributed by atoms with Crippen molar-refractivity contribution in [2.75, 3.05) is 34.4 Å². The molecule has 0 spiro atoms. The Balaban J connectivity index is 1.69. The summed E-state index contributed by atoms with van der Waals surface area (Å²) in [5.41, 5.74) is -1.29. The fourth-order valence-electron chi connectivity index (χ4n) is 7.56. The third kappa shape index (κ3) is 4.62. The van der Waals surface area contributed by atoms with Gasteiger partial charge in [-0.1, -0.05) is 0 Å². The van der Waals surface area contributed by atoms with Gasteiger partial charge in [-0.15, -0.1) is 0 Å². The lowest BCUT2D eigenvalue weighted by molar-refractivity contribution is -0.153. The van der Waals surface area contributed by atoms with Gasteiger partial charge in [-0.3, -0.25) is 24.2 Å². The molecular weight excluding hydrogens is 575 g/mol. The Morgan fingerprint density at radius 1 is 1.23 bits per heavy atom. The van der Waals surface area contributed by atoms with Crippen LogP contribution >= 0.6 is 0 Å². The molecule has 14 heteroatoms. The molecule has 4 aliphatic rings. The number of phenolic OH excluding ortho intramolecular Hbond substituents is 1. The predicted molar refractivity (Wildman–Crippen MR) is 145 cm³/mol. The number of ether oxygens (including phenoxy) is 1. The summed E-state index contributed by atoms with van der Waals surface area (Å²) >= 11 is 0. The molecule has 0 aromatic heterocycles. The molecule has 1 aliphatic heterocycles. The number of carbonyl (C=O) groups excluding carboxylic acids is 3. The number of fused-ring (bicyclic) bond motifs is 3. The second kappa shape index (κ2) is 10.6. The zero-order valence-corrected chi connectivity index (χ0v) is 23.9. The van der Waals surface area contributed by atoms with Gasteiger partial charge >= 0.3 is 6.18 Å². The number of amides is 1. The summed E-state index contributed by atoms with van der Waals surface area (Å²) in [6, 6.07) is -0.529. The summed E-state index contributed by atoms with van der Waals surface area (Å²) < 4.78 is 49.5. The van der Waals surface area contributed by atoms with Gasteiger partial charge in [0.1, 0.15) is 22.8 Å². The minimum absolute atomic E-state index is 0.115. The number of Topliss-reactive ketones (excluding diaryl/α,β-unsaturated/α-hetero) is 2. The van der Waals surface area contributed by atoms with Crippen LogP contribution in [0.25, 0.3) is 5.76 Å². The quantitative estimate of drug-likeness (QED) is 0.298. The number of likely N-dealkylation sites (tertiary alicyclic amines) is 1. The number of ketones is 2. The number of aliphatic hydroxyl groups is 3. The molecule has 1 saturated heterocycles. The zero-order valence-electron chi connectivity index (χ0n) is 23.9. The van der Waals surface area contributed by atoms with E-state index in [1.807, 2.05) is 4.90 Å². The van der Waals surface area contributed by atoms with Gasteiger partial charge < -0.3 is 30.9 Å². The number of hydrogen-bond donors (Lipinski definition) is 5. The average molecular weight is 610 g/mol. The molecule has 1 aromatic rings. The first-order chi connectivity index (χ1) is 20.0. The van der Waals surface area contributed by atoms with Crippen molar-refractivity contribution in [3.05, 3.63) is 45.2 Å². The van der Waals surface area contributed by atoms with Gasteiger partial charge in [-0.25, -0.2) is 0 Å². The molecule has 5 atom stereocenters. The number of phenols is 1. The lowest BCUT2D eigenvalue weighted by Gasteiger charge is -2.50. The van der Waals surface area contributed by atoms with Crippen molar-refractivity contribution < 1.29 is 52.7 Å². The van der Waals surface area contributed by atoms with E-state index in [1.54, 1.807) is 0 Å². The Labute approximate surface area is 245 Å². The van der Waals surface area contributed by atoms with Crippen LogP contribution in [0.2, 0.25) is 0 Å². The molecule has 0 bridgehead atoms. The first-order valence-electron chi connectivity index (χ1n) is 13.9. The highest BCUT2D eigenvalue weighted by Gasteiger charge is 2.64. The van der Waals surface area contributed by atoms with E-state index in [0.29, 0.717) is 13.2 Å². The fourth-order valence-corrected chi connectivity index (χ4v) is 7.56. The molecule has 11 nitrogen and oxygen atoms in total. The van der Waals surface area contributed by atoms with Crippen molar-refractivity contribution in [3.8, 4) is 5.75 Å². The number of benzene rings is 1. The van der Waals surface area contributed by atoms with Gasteiger partial charge in [0.2, 0.25) is 5.78 Å². The number of nitrogens with zero attached hydrogens (tertiary/aromatic N) is 2. The summed E-state index contributed by atoms with van der Waals surface area (Å²) in [6.07, 6.45) is -4.16. The van der Waals surface area contributed by atoms with Gasteiger partial charge in [0.25, 0.3) is 5.91 Å². The Hall–Kier alpha value is -3.46. The van der Waals surface area contributed by atoms with E-state index in [0.717, 1.165) is 18.9 Å². The number of nitrogens with two attached hydrogens (primary N) is 1. The Kier molecular flexibility index (Phi) is 7.65. The van der Waals surface area contributed by atoms with E-state index in [2.05, 4.69) is 0 Å². The molecule has 1 heterocycles. The number of halogens is 3. The minimum Gasteiger partial charge on any atom is -0.508 e. The number of likely N-dealkylation sites (N-methyl/N-ethyl adjacent to an activating group) is 1. The monoisotopic (exact) mass is 609 g/mol. The largest absolute Gasteiger partial charge is 0.508 e. The van der Waals surface area contributed by atoms with Crippen molar-refractivity contribution in [1.29, 1.82) is 0 Å². The fraction of sp³-hybridized carbons (Fsp3) is 0.552. The minimum atomic E-state index is -4.90. The Morgan fingerprint density at radius 3 is 2.49 bits per heavy atom. The topological polar surface area (TPSA) is 174 Å². The molecule has 0 radical (unpaired) electrons. The zero-order chi connectivity index (χ0) is 31.8. The Bertz CT molecular complexity index is 1470. The van der Waals surface area contributed by atoms with Crippen molar-refractivity contribution in [2.45, 2.75) is 56.1 Å². The van der Waals surface area contributed by atoms with Crippen LogP contribution in [0.5, 0.6) is 5.75 Å². The highest BCUT2D eigenvalue weighted by Crippen LogP contribution is 2.54. The molecule has 2 fully saturated rings. The van der Waals surface area contributed by atoms with Crippen LogP contribution < -0.4 is 5.73 Å². The number of rotatable bonds is 6. The molecule has 0 unspecified atom stereocenters. The van der Waals surface area contributed by atoms with Gasteiger partial charge in [-0.05, 0) is 69.4 Å². The van der Waals surface area contributed by atoms with Crippen LogP contribution in [0.15, 0.2) is 23.0 Å². The third-order valence-corrected chi connectivity index (χ3v) is 9.32. The number of methoxy groups -OCH3 is 1. The van der Waals surface area contributed by atoms with Gasteiger partial charge in [0.05, 0.1) is 23.8 Å². The SMILES string of the molecule is COC[C@H]1CCCN1Cc1cc(O)c2c(c1C(F)(F)F)C[C@H]1C[C@H]3[C@H](N(C)C)C(=O)C(C(N)=O)=C(O)[C@@]3(O)C(=O)C1=C2O. The van der Waals surface area contributed by atoms with Crippen molar-refractivity contribution in [3.63, 3.8) is 0 Å². The highest BCUT2D eigenvalue weighted by molar-refractivity contribution is 6.24. The summed E-state index contributed by atoms with van der Waals surface area (Å²) in [6.45, 7) is 0.711. The van der Waals surface area contributed by atoms with Gasteiger partial charge in [0.15, 0.2) is 11.4 Å². The average Bonchev–Trinajstić information content (AvgIpc) is 3.31. The molecule has 1 amide bonds. The van der Waals surface area contributed by atoms with Gasteiger partial charge in [-0.2, -0.15) is 13.2 Å². The first-order valence-corrected chi connectivity index (χ1v) is 13.9. The van der Waals surface area contributed by atoms with E-state index < -0.39 is 98.7 Å². The van der Waals surface area contributed by atoms with Crippen LogP contribution in [-0.4, -0.2) is 99.7 Å². The molecule has 5 rings (SSSR count). The summed E-state index contributed by atoms with van der Waals surface area (Å²) in [7, 11) is 4.38. The number of hydrogen-bond acceptors (Lipinski definition) is 10. The van der Waals surface area contributed by atoms with Crippen LogP contribution in [0.1, 0.15) is 41.5 Å². The maximum Gasteiger partial charge on any atom is 0.417 e. The molecule has 1 aromatic carbocycles. The molecule has 1 saturated carbocycles. The summed E-state index contributed by atoms with van der Waals surface area (Å²) in [4.78, 5) is 42.4. The van der Waals surface area contributed by atoms with E-state index in [1.165, 1.54) is 26.1 Å². The molecule has 3 aliphatic carbocycles. The molecular formula is C29H34F3N3O8. The van der Waals surface area contributed by atoms with Crippen LogP contribution in [0.3, 0.4) is 0 Å². The maximum absolute atomic E-state index is 14.8. The lowest BCUT2D eigenvalue weighted by atomic mass is 9.57. The van der Waals surface area contributed by atoms with E-state index in [9.17, 15) is 48.0 Å². The number of alkyl halides is 3.